The number of alkyl halides is 3. The van der Waals surface area contributed by atoms with Crippen LogP contribution in [-0.2, 0) is 4.74 Å². The van der Waals surface area contributed by atoms with Crippen molar-refractivity contribution in [3.63, 3.8) is 0 Å². The quantitative estimate of drug-likeness (QED) is 0.786. The van der Waals surface area contributed by atoms with Gasteiger partial charge in [0.15, 0.2) is 5.75 Å². The van der Waals surface area contributed by atoms with Crippen LogP contribution in [0.25, 0.3) is 0 Å². The number of para-hydroxylation sites is 2. The van der Waals surface area contributed by atoms with Gasteiger partial charge in [0.25, 0.3) is 0 Å². The van der Waals surface area contributed by atoms with E-state index in [1.165, 1.54) is 18.2 Å². The van der Waals surface area contributed by atoms with E-state index in [0.717, 1.165) is 0 Å². The number of hydrogen-bond donors (Lipinski definition) is 1. The highest BCUT2D eigenvalue weighted by molar-refractivity contribution is 5.56. The monoisotopic (exact) mass is 249 g/mol. The molecule has 0 aliphatic rings. The summed E-state index contributed by atoms with van der Waals surface area (Å²) in [5.74, 6) is -0.239. The van der Waals surface area contributed by atoms with E-state index >= 15 is 0 Å². The van der Waals surface area contributed by atoms with E-state index in [2.05, 4.69) is 10.1 Å². The summed E-state index contributed by atoms with van der Waals surface area (Å²) in [5, 5.41) is 2.82. The van der Waals surface area contributed by atoms with Gasteiger partial charge in [-0.25, -0.2) is 0 Å². The Morgan fingerprint density at radius 2 is 1.94 bits per heavy atom. The predicted octanol–water partition coefficient (Wildman–Crippen LogP) is 3.03. The molecule has 0 radical (unpaired) electrons. The van der Waals surface area contributed by atoms with Crippen LogP contribution >= 0.6 is 0 Å². The van der Waals surface area contributed by atoms with Gasteiger partial charge in [-0.3, -0.25) is 0 Å². The Bertz CT molecular complexity index is 342. The molecular weight excluding hydrogens is 235 g/mol. The second-order valence-electron chi connectivity index (χ2n) is 3.17. The first-order valence-corrected chi connectivity index (χ1v) is 5.19. The van der Waals surface area contributed by atoms with E-state index in [9.17, 15) is 13.2 Å². The van der Waals surface area contributed by atoms with Crippen molar-refractivity contribution in [3.05, 3.63) is 24.3 Å². The highest BCUT2D eigenvalue weighted by Crippen LogP contribution is 2.29. The first kappa shape index (κ1) is 13.6. The van der Waals surface area contributed by atoms with Crippen LogP contribution in [-0.4, -0.2) is 26.1 Å². The van der Waals surface area contributed by atoms with Gasteiger partial charge in [-0.2, -0.15) is 0 Å². The highest BCUT2D eigenvalue weighted by Gasteiger charge is 2.31. The van der Waals surface area contributed by atoms with Crippen LogP contribution in [0.2, 0.25) is 0 Å². The van der Waals surface area contributed by atoms with Crippen molar-refractivity contribution < 1.29 is 22.6 Å². The maximum atomic E-state index is 12.1. The van der Waals surface area contributed by atoms with Gasteiger partial charge < -0.3 is 14.8 Å². The Balaban J connectivity index is 2.58. The number of rotatable bonds is 6. The maximum absolute atomic E-state index is 12.1. The molecule has 1 aromatic rings. The second kappa shape index (κ2) is 6.34. The molecule has 0 aromatic heterocycles. The van der Waals surface area contributed by atoms with E-state index in [-0.39, 0.29) is 5.75 Å². The third-order valence-corrected chi connectivity index (χ3v) is 1.88. The molecule has 1 aromatic carbocycles. The normalized spacial score (nSPS) is 11.3. The summed E-state index contributed by atoms with van der Waals surface area (Å²) in [6.07, 6.45) is -4.68. The lowest BCUT2D eigenvalue weighted by atomic mass is 10.3. The lowest BCUT2D eigenvalue weighted by molar-refractivity contribution is -0.274. The van der Waals surface area contributed by atoms with Gasteiger partial charge in [-0.05, 0) is 19.1 Å². The Morgan fingerprint density at radius 3 is 2.59 bits per heavy atom. The molecule has 3 nitrogen and oxygen atoms in total. The lowest BCUT2D eigenvalue weighted by Gasteiger charge is -2.14. The lowest BCUT2D eigenvalue weighted by Crippen LogP contribution is -2.18. The van der Waals surface area contributed by atoms with Crippen molar-refractivity contribution >= 4 is 5.69 Å². The molecule has 6 heteroatoms. The van der Waals surface area contributed by atoms with Crippen LogP contribution in [0.4, 0.5) is 18.9 Å². The zero-order chi connectivity index (χ0) is 12.7. The van der Waals surface area contributed by atoms with Crippen LogP contribution in [0.1, 0.15) is 6.92 Å². The molecule has 0 atom stereocenters. The molecule has 0 aliphatic heterocycles. The molecule has 0 amide bonds. The molecular formula is C11H14F3NO2. The summed E-state index contributed by atoms with van der Waals surface area (Å²) < 4.78 is 45.2. The Labute approximate surface area is 97.5 Å². The van der Waals surface area contributed by atoms with Gasteiger partial charge in [0.2, 0.25) is 0 Å². The van der Waals surface area contributed by atoms with E-state index < -0.39 is 6.36 Å². The first-order valence-electron chi connectivity index (χ1n) is 5.19. The molecule has 0 saturated heterocycles. The van der Waals surface area contributed by atoms with Gasteiger partial charge in [-0.15, -0.1) is 13.2 Å². The van der Waals surface area contributed by atoms with E-state index in [1.807, 2.05) is 6.92 Å². The molecule has 0 unspecified atom stereocenters. The molecule has 0 aliphatic carbocycles. The Kier molecular flexibility index (Phi) is 5.09. The Hall–Kier alpha value is -1.43. The van der Waals surface area contributed by atoms with Crippen molar-refractivity contribution in [1.29, 1.82) is 0 Å². The van der Waals surface area contributed by atoms with Crippen molar-refractivity contribution in [3.8, 4) is 5.75 Å². The van der Waals surface area contributed by atoms with Crippen LogP contribution in [0, 0.1) is 0 Å². The summed E-state index contributed by atoms with van der Waals surface area (Å²) >= 11 is 0. The zero-order valence-electron chi connectivity index (χ0n) is 9.38. The minimum Gasteiger partial charge on any atom is -0.404 e. The van der Waals surface area contributed by atoms with Crippen LogP contribution in [0.5, 0.6) is 5.75 Å². The number of hydrogen-bond acceptors (Lipinski definition) is 3. The van der Waals surface area contributed by atoms with Crippen molar-refractivity contribution in [1.82, 2.24) is 0 Å². The van der Waals surface area contributed by atoms with Crippen molar-refractivity contribution in [2.24, 2.45) is 0 Å². The third kappa shape index (κ3) is 5.44. The van der Waals surface area contributed by atoms with Gasteiger partial charge in [0, 0.05) is 13.2 Å². The summed E-state index contributed by atoms with van der Waals surface area (Å²) in [4.78, 5) is 0. The van der Waals surface area contributed by atoms with Gasteiger partial charge in [0.05, 0.1) is 12.3 Å². The number of benzene rings is 1. The number of halogens is 3. The maximum Gasteiger partial charge on any atom is 0.573 e. The second-order valence-corrected chi connectivity index (χ2v) is 3.17. The standard InChI is InChI=1S/C11H14F3NO2/c1-2-16-8-7-15-9-5-3-4-6-10(9)17-11(12,13)14/h3-6,15H,2,7-8H2,1H3. The van der Waals surface area contributed by atoms with Crippen molar-refractivity contribution in [2.75, 3.05) is 25.1 Å². The number of anilines is 1. The molecule has 0 fully saturated rings. The molecule has 0 heterocycles. The van der Waals surface area contributed by atoms with E-state index in [1.54, 1.807) is 6.07 Å². The largest absolute Gasteiger partial charge is 0.573 e. The van der Waals surface area contributed by atoms with Gasteiger partial charge >= 0.3 is 6.36 Å². The van der Waals surface area contributed by atoms with E-state index in [4.69, 9.17) is 4.74 Å². The van der Waals surface area contributed by atoms with E-state index in [0.29, 0.717) is 25.4 Å². The smallest absolute Gasteiger partial charge is 0.404 e. The fourth-order valence-electron chi connectivity index (χ4n) is 1.23. The van der Waals surface area contributed by atoms with Crippen molar-refractivity contribution in [2.45, 2.75) is 13.3 Å². The molecule has 1 rings (SSSR count). The van der Waals surface area contributed by atoms with Gasteiger partial charge in [0.1, 0.15) is 0 Å². The Morgan fingerprint density at radius 1 is 1.24 bits per heavy atom. The third-order valence-electron chi connectivity index (χ3n) is 1.88. The topological polar surface area (TPSA) is 30.5 Å². The molecule has 1 N–H and O–H groups in total. The van der Waals surface area contributed by atoms with Crippen LogP contribution in [0.3, 0.4) is 0 Å². The summed E-state index contributed by atoms with van der Waals surface area (Å²) in [6, 6.07) is 5.89. The minimum atomic E-state index is -4.68. The molecule has 0 bridgehead atoms. The highest BCUT2D eigenvalue weighted by atomic mass is 19.4. The zero-order valence-corrected chi connectivity index (χ0v) is 9.38. The summed E-state index contributed by atoms with van der Waals surface area (Å²) in [7, 11) is 0. The van der Waals surface area contributed by atoms with Crippen LogP contribution < -0.4 is 10.1 Å². The molecule has 17 heavy (non-hydrogen) atoms. The van der Waals surface area contributed by atoms with Crippen LogP contribution in [0.15, 0.2) is 24.3 Å². The average molecular weight is 249 g/mol. The fraction of sp³-hybridized carbons (Fsp3) is 0.455. The number of nitrogens with one attached hydrogen (secondary N) is 1. The predicted molar refractivity (Wildman–Crippen MR) is 58.1 cm³/mol. The summed E-state index contributed by atoms with van der Waals surface area (Å²) in [5.41, 5.74) is 0.296. The fourth-order valence-corrected chi connectivity index (χ4v) is 1.23. The summed E-state index contributed by atoms with van der Waals surface area (Å²) in [6.45, 7) is 3.27. The molecule has 96 valence electrons. The molecule has 0 saturated carbocycles. The van der Waals surface area contributed by atoms with Gasteiger partial charge in [-0.1, -0.05) is 12.1 Å². The number of ether oxygens (including phenoxy) is 2. The first-order chi connectivity index (χ1) is 8.03. The SMILES string of the molecule is CCOCCNc1ccccc1OC(F)(F)F. The average Bonchev–Trinajstić information content (AvgIpc) is 2.24. The minimum absolute atomic E-state index is 0.239. The molecule has 0 spiro atoms.